The molecule has 0 aliphatic carbocycles. The third-order valence-electron chi connectivity index (χ3n) is 3.64. The van der Waals surface area contributed by atoms with Crippen LogP contribution in [0.2, 0.25) is 0 Å². The third-order valence-corrected chi connectivity index (χ3v) is 3.64. The van der Waals surface area contributed by atoms with Crippen LogP contribution in [0.3, 0.4) is 0 Å². The molecule has 2 rings (SSSR count). The molecule has 2 heterocycles. The van der Waals surface area contributed by atoms with Crippen LogP contribution in [0.15, 0.2) is 29.6 Å². The Morgan fingerprint density at radius 1 is 1.38 bits per heavy atom. The van der Waals surface area contributed by atoms with E-state index in [0.717, 1.165) is 12.0 Å². The van der Waals surface area contributed by atoms with Crippen molar-refractivity contribution in [2.45, 2.75) is 45.7 Å². The predicted octanol–water partition coefficient (Wildman–Crippen LogP) is 1.47. The number of nitrogens with one attached hydrogen (secondary N) is 1. The Balaban J connectivity index is 2.16. The zero-order chi connectivity index (χ0) is 15.2. The van der Waals surface area contributed by atoms with Gasteiger partial charge >= 0.3 is 0 Å². The number of amides is 2. The largest absolute Gasteiger partial charge is 0.331 e. The summed E-state index contributed by atoms with van der Waals surface area (Å²) < 4.78 is 0. The van der Waals surface area contributed by atoms with Crippen LogP contribution in [0.4, 0.5) is 0 Å². The molecule has 1 aliphatic heterocycles. The molecule has 0 radical (unpaired) electrons. The Kier molecular flexibility index (Phi) is 5.03. The van der Waals surface area contributed by atoms with Gasteiger partial charge in [-0.05, 0) is 31.0 Å². The van der Waals surface area contributed by atoms with E-state index < -0.39 is 0 Å². The van der Waals surface area contributed by atoms with Crippen molar-refractivity contribution >= 4 is 17.5 Å². The average molecular weight is 288 g/mol. The molecule has 1 aliphatic rings. The Morgan fingerprint density at radius 3 is 2.67 bits per heavy atom. The van der Waals surface area contributed by atoms with Gasteiger partial charge in [-0.15, -0.1) is 0 Å². The van der Waals surface area contributed by atoms with Crippen LogP contribution in [0.5, 0.6) is 0 Å². The average Bonchev–Trinajstić information content (AvgIpc) is 2.53. The first-order valence-electron chi connectivity index (χ1n) is 7.17. The highest BCUT2D eigenvalue weighted by Gasteiger charge is 2.26. The van der Waals surface area contributed by atoms with Crippen molar-refractivity contribution in [2.75, 3.05) is 0 Å². The van der Waals surface area contributed by atoms with E-state index in [4.69, 9.17) is 0 Å². The van der Waals surface area contributed by atoms with Gasteiger partial charge in [-0.2, -0.15) is 5.10 Å². The molecule has 6 nitrogen and oxygen atoms in total. The van der Waals surface area contributed by atoms with E-state index in [9.17, 15) is 9.59 Å². The first-order chi connectivity index (χ1) is 10.1. The van der Waals surface area contributed by atoms with Gasteiger partial charge in [0.2, 0.25) is 5.91 Å². The normalized spacial score (nSPS) is 15.9. The van der Waals surface area contributed by atoms with Crippen molar-refractivity contribution in [2.24, 2.45) is 5.10 Å². The Labute approximate surface area is 124 Å². The summed E-state index contributed by atoms with van der Waals surface area (Å²) in [4.78, 5) is 29.6. The van der Waals surface area contributed by atoms with Crippen molar-refractivity contribution < 1.29 is 9.59 Å². The summed E-state index contributed by atoms with van der Waals surface area (Å²) in [5.41, 5.74) is 3.83. The Hall–Kier alpha value is -2.24. The number of carbonyl (C=O) groups excluding carboxylic acids is 2. The fraction of sp³-hybridized carbons (Fsp3) is 0.467. The van der Waals surface area contributed by atoms with E-state index in [-0.39, 0.29) is 17.9 Å². The topological polar surface area (TPSA) is 74.7 Å². The first-order valence-corrected chi connectivity index (χ1v) is 7.17. The van der Waals surface area contributed by atoms with E-state index >= 15 is 0 Å². The summed E-state index contributed by atoms with van der Waals surface area (Å²) in [6.45, 7) is 4.58. The van der Waals surface area contributed by atoms with Gasteiger partial charge in [0.05, 0.1) is 0 Å². The van der Waals surface area contributed by atoms with Gasteiger partial charge in [0.1, 0.15) is 5.71 Å². The molecular formula is C15H20N4O2. The zero-order valence-corrected chi connectivity index (χ0v) is 12.4. The quantitative estimate of drug-likeness (QED) is 0.891. The van der Waals surface area contributed by atoms with Crippen LogP contribution in [0.1, 0.15) is 38.7 Å². The standard InChI is InChI=1S/C15H20N4O2/c1-3-11(2)19(10-12-6-8-16-9-7-12)15(21)13-4-5-14(20)18-17-13/h6-9,11H,3-5,10H2,1-2H3,(H,18,20)/t11-/m0/s1. The molecule has 21 heavy (non-hydrogen) atoms. The Bertz CT molecular complexity index is 542. The van der Waals surface area contributed by atoms with Gasteiger partial charge in [0.15, 0.2) is 0 Å². The molecule has 0 fully saturated rings. The van der Waals surface area contributed by atoms with Crippen LogP contribution in [0, 0.1) is 0 Å². The lowest BCUT2D eigenvalue weighted by atomic mass is 10.1. The number of aromatic nitrogens is 1. The maximum absolute atomic E-state index is 12.6. The number of rotatable bonds is 5. The number of hydrogen-bond acceptors (Lipinski definition) is 4. The molecule has 0 spiro atoms. The van der Waals surface area contributed by atoms with Crippen molar-refractivity contribution in [3.05, 3.63) is 30.1 Å². The molecule has 0 saturated heterocycles. The molecule has 1 aromatic heterocycles. The highest BCUT2D eigenvalue weighted by Crippen LogP contribution is 2.13. The predicted molar refractivity (Wildman–Crippen MR) is 79.4 cm³/mol. The monoisotopic (exact) mass is 288 g/mol. The van der Waals surface area contributed by atoms with Crippen LogP contribution in [-0.2, 0) is 16.1 Å². The van der Waals surface area contributed by atoms with Crippen molar-refractivity contribution in [1.29, 1.82) is 0 Å². The van der Waals surface area contributed by atoms with Gasteiger partial charge < -0.3 is 4.90 Å². The van der Waals surface area contributed by atoms with Crippen molar-refractivity contribution in [3.8, 4) is 0 Å². The van der Waals surface area contributed by atoms with Crippen LogP contribution < -0.4 is 5.43 Å². The van der Waals surface area contributed by atoms with E-state index in [0.29, 0.717) is 25.1 Å². The van der Waals surface area contributed by atoms with E-state index in [1.807, 2.05) is 26.0 Å². The van der Waals surface area contributed by atoms with Gasteiger partial charge in [-0.3, -0.25) is 14.6 Å². The smallest absolute Gasteiger partial charge is 0.270 e. The molecule has 1 aromatic rings. The zero-order valence-electron chi connectivity index (χ0n) is 12.4. The fourth-order valence-corrected chi connectivity index (χ4v) is 2.13. The molecule has 0 saturated carbocycles. The molecule has 6 heteroatoms. The molecule has 0 aromatic carbocycles. The third kappa shape index (κ3) is 3.87. The minimum Gasteiger partial charge on any atom is -0.331 e. The van der Waals surface area contributed by atoms with E-state index in [2.05, 4.69) is 15.5 Å². The van der Waals surface area contributed by atoms with Crippen LogP contribution in [-0.4, -0.2) is 33.5 Å². The summed E-state index contributed by atoms with van der Waals surface area (Å²) >= 11 is 0. The van der Waals surface area contributed by atoms with Crippen LogP contribution >= 0.6 is 0 Å². The molecule has 0 unspecified atom stereocenters. The lowest BCUT2D eigenvalue weighted by Gasteiger charge is -2.29. The summed E-state index contributed by atoms with van der Waals surface area (Å²) in [6.07, 6.45) is 5.00. The highest BCUT2D eigenvalue weighted by molar-refractivity contribution is 6.39. The molecule has 1 N–H and O–H groups in total. The molecular weight excluding hydrogens is 268 g/mol. The molecule has 112 valence electrons. The van der Waals surface area contributed by atoms with Gasteiger partial charge in [0.25, 0.3) is 5.91 Å². The number of nitrogens with zero attached hydrogens (tertiary/aromatic N) is 3. The lowest BCUT2D eigenvalue weighted by Crippen LogP contribution is -2.44. The van der Waals surface area contributed by atoms with Gasteiger partial charge in [-0.1, -0.05) is 6.92 Å². The molecule has 1 atom stereocenters. The maximum atomic E-state index is 12.6. The van der Waals surface area contributed by atoms with Crippen molar-refractivity contribution in [1.82, 2.24) is 15.3 Å². The second kappa shape index (κ2) is 6.97. The summed E-state index contributed by atoms with van der Waals surface area (Å²) in [5, 5.41) is 3.90. The first kappa shape index (κ1) is 15.2. The minimum atomic E-state index is -0.143. The van der Waals surface area contributed by atoms with E-state index in [1.165, 1.54) is 0 Å². The fourth-order valence-electron chi connectivity index (χ4n) is 2.13. The van der Waals surface area contributed by atoms with E-state index in [1.54, 1.807) is 17.3 Å². The van der Waals surface area contributed by atoms with Crippen LogP contribution in [0.25, 0.3) is 0 Å². The summed E-state index contributed by atoms with van der Waals surface area (Å²) in [5.74, 6) is -0.253. The number of carbonyl (C=O) groups is 2. The van der Waals surface area contributed by atoms with Gasteiger partial charge in [0, 0.05) is 37.8 Å². The second-order valence-corrected chi connectivity index (χ2v) is 5.14. The Morgan fingerprint density at radius 2 is 2.10 bits per heavy atom. The number of pyridine rings is 1. The van der Waals surface area contributed by atoms with Gasteiger partial charge in [-0.25, -0.2) is 5.43 Å². The summed E-state index contributed by atoms with van der Waals surface area (Å²) in [7, 11) is 0. The lowest BCUT2D eigenvalue weighted by molar-refractivity contribution is -0.127. The maximum Gasteiger partial charge on any atom is 0.270 e. The highest BCUT2D eigenvalue weighted by atomic mass is 16.2. The molecule has 0 bridgehead atoms. The molecule has 2 amide bonds. The summed E-state index contributed by atoms with van der Waals surface area (Å²) in [6, 6.07) is 3.89. The second-order valence-electron chi connectivity index (χ2n) is 5.14. The van der Waals surface area contributed by atoms with Crippen molar-refractivity contribution in [3.63, 3.8) is 0 Å². The SMILES string of the molecule is CC[C@H](C)N(Cc1ccncc1)C(=O)C1=NNC(=O)CC1. The number of hydrazone groups is 1. The minimum absolute atomic E-state index is 0.103. The number of hydrogen-bond donors (Lipinski definition) is 1.